The first-order valence-electron chi connectivity index (χ1n) is 15.5. The molecule has 4 aromatic heterocycles. The summed E-state index contributed by atoms with van der Waals surface area (Å²) in [4.78, 5) is 46.9. The maximum atomic E-state index is 12.2. The van der Waals surface area contributed by atoms with Gasteiger partial charge in [0.05, 0.1) is 11.0 Å². The van der Waals surface area contributed by atoms with Crippen LogP contribution in [0.2, 0.25) is 0 Å². The van der Waals surface area contributed by atoms with Gasteiger partial charge >= 0.3 is 14.2 Å². The summed E-state index contributed by atoms with van der Waals surface area (Å²) in [6.07, 6.45) is 3.22. The fourth-order valence-corrected chi connectivity index (χ4v) is 5.36. The van der Waals surface area contributed by atoms with E-state index in [2.05, 4.69) is 19.9 Å². The Morgan fingerprint density at radius 2 is 1.14 bits per heavy atom. The van der Waals surface area contributed by atoms with Crippen LogP contribution in [0.25, 0.3) is 22.1 Å². The van der Waals surface area contributed by atoms with Crippen LogP contribution in [0.4, 0.5) is 0 Å². The molecule has 0 bridgehead atoms. The standard InChI is InChI=1S/2C16H18BN3O3.CH2O2/c1-10(2)15-19-14-13(7-8-18-16(14)21)20(15)9-11-3-5-12(6-4-11)17(22)23;1-10(2)15-19-13-7-8-18-16(21)14(13)20(15)9-11-3-5-12(6-4-11)17(22)23;2-1-3/h2*3-8,10,22-23H,9H2,1-2H3,(H,18,21);1H,(H,2,3). The third-order valence-electron chi connectivity index (χ3n) is 7.67. The van der Waals surface area contributed by atoms with Gasteiger partial charge < -0.3 is 44.3 Å². The lowest BCUT2D eigenvalue weighted by atomic mass is 9.80. The largest absolute Gasteiger partial charge is 0.488 e. The number of benzene rings is 2. The van der Waals surface area contributed by atoms with E-state index in [1.165, 1.54) is 0 Å². The predicted octanol–water partition coefficient (Wildman–Crippen LogP) is 0.853. The van der Waals surface area contributed by atoms with Crippen molar-refractivity contribution in [3.63, 3.8) is 0 Å². The molecule has 16 heteroatoms. The summed E-state index contributed by atoms with van der Waals surface area (Å²) in [5.74, 6) is 2.06. The molecule has 6 rings (SSSR count). The van der Waals surface area contributed by atoms with Crippen LogP contribution in [0.3, 0.4) is 0 Å². The Labute approximate surface area is 281 Å². The van der Waals surface area contributed by atoms with E-state index in [-0.39, 0.29) is 29.4 Å². The number of aromatic amines is 2. The number of hydrogen-bond donors (Lipinski definition) is 7. The van der Waals surface area contributed by atoms with E-state index >= 15 is 0 Å². The van der Waals surface area contributed by atoms with Gasteiger partial charge in [-0.25, -0.2) is 9.97 Å². The molecule has 14 nitrogen and oxygen atoms in total. The number of imidazole rings is 2. The van der Waals surface area contributed by atoms with Crippen LogP contribution in [0, 0.1) is 0 Å². The maximum absolute atomic E-state index is 12.2. The molecule has 4 heterocycles. The number of carbonyl (C=O) groups is 1. The molecule has 0 fully saturated rings. The average Bonchev–Trinajstić information content (AvgIpc) is 3.63. The summed E-state index contributed by atoms with van der Waals surface area (Å²) in [5, 5.41) is 43.5. The van der Waals surface area contributed by atoms with Crippen LogP contribution in [0.1, 0.15) is 62.3 Å². The molecule has 7 N–H and O–H groups in total. The molecule has 0 saturated heterocycles. The zero-order valence-electron chi connectivity index (χ0n) is 27.5. The number of fused-ring (bicyclic) bond motifs is 2. The highest BCUT2D eigenvalue weighted by atomic mass is 16.4. The van der Waals surface area contributed by atoms with Crippen LogP contribution in [-0.4, -0.2) is 75.0 Å². The second-order valence-electron chi connectivity index (χ2n) is 11.8. The van der Waals surface area contributed by atoms with Crippen LogP contribution in [0.15, 0.2) is 82.6 Å². The summed E-state index contributed by atoms with van der Waals surface area (Å²) >= 11 is 0. The van der Waals surface area contributed by atoms with Gasteiger partial charge in [-0.1, -0.05) is 76.2 Å². The van der Waals surface area contributed by atoms with E-state index in [1.807, 2.05) is 67.2 Å². The maximum Gasteiger partial charge on any atom is 0.488 e. The van der Waals surface area contributed by atoms with E-state index in [4.69, 9.17) is 30.0 Å². The Balaban J connectivity index is 0.000000205. The SMILES string of the molecule is CC(C)c1nc2c(=O)[nH]ccc2n1Cc1ccc(B(O)O)cc1.CC(C)c1nc2cc[nH]c(=O)c2n1Cc1ccc(B(O)O)cc1.O=CO. The van der Waals surface area contributed by atoms with Gasteiger partial charge in [-0.2, -0.15) is 0 Å². The van der Waals surface area contributed by atoms with Gasteiger partial charge in [0.15, 0.2) is 5.52 Å². The number of hydrogen-bond acceptors (Lipinski definition) is 9. The number of nitrogens with zero attached hydrogens (tertiary/aromatic N) is 4. The van der Waals surface area contributed by atoms with Gasteiger partial charge in [0, 0.05) is 37.3 Å². The Kier molecular flexibility index (Phi) is 12.1. The average molecular weight is 668 g/mol. The zero-order chi connectivity index (χ0) is 35.8. The van der Waals surface area contributed by atoms with E-state index in [0.29, 0.717) is 40.6 Å². The fraction of sp³-hybridized carbons (Fsp3) is 0.242. The van der Waals surface area contributed by atoms with Gasteiger partial charge in [0.2, 0.25) is 0 Å². The van der Waals surface area contributed by atoms with Crippen molar-refractivity contribution in [2.75, 3.05) is 0 Å². The minimum absolute atomic E-state index is 0.163. The first-order valence-corrected chi connectivity index (χ1v) is 15.5. The molecular formula is C33H38B2N6O8. The highest BCUT2D eigenvalue weighted by molar-refractivity contribution is 6.58. The summed E-state index contributed by atoms with van der Waals surface area (Å²) in [7, 11) is -2.95. The van der Waals surface area contributed by atoms with E-state index in [9.17, 15) is 9.59 Å². The summed E-state index contributed by atoms with van der Waals surface area (Å²) in [5.41, 5.74) is 4.96. The minimum atomic E-state index is -1.48. The van der Waals surface area contributed by atoms with Crippen molar-refractivity contribution in [3.05, 3.63) is 117 Å². The van der Waals surface area contributed by atoms with Gasteiger partial charge in [-0.15, -0.1) is 0 Å². The molecule has 0 atom stereocenters. The Bertz CT molecular complexity index is 2110. The predicted molar refractivity (Wildman–Crippen MR) is 188 cm³/mol. The van der Waals surface area contributed by atoms with Gasteiger partial charge in [-0.05, 0) is 34.2 Å². The Hall–Kier alpha value is -5.28. The molecule has 0 spiro atoms. The van der Waals surface area contributed by atoms with Gasteiger partial charge in [-0.3, -0.25) is 14.4 Å². The molecule has 0 radical (unpaired) electrons. The summed E-state index contributed by atoms with van der Waals surface area (Å²) < 4.78 is 3.95. The summed E-state index contributed by atoms with van der Waals surface area (Å²) in [6, 6.07) is 17.7. The normalized spacial score (nSPS) is 10.9. The second-order valence-corrected chi connectivity index (χ2v) is 11.8. The monoisotopic (exact) mass is 668 g/mol. The molecule has 0 aliphatic heterocycles. The minimum Gasteiger partial charge on any atom is -0.483 e. The Morgan fingerprint density at radius 1 is 0.694 bits per heavy atom. The molecule has 254 valence electrons. The molecule has 6 aromatic rings. The number of carboxylic acid groups (broad SMARTS) is 1. The van der Waals surface area contributed by atoms with Crippen molar-refractivity contribution in [1.29, 1.82) is 0 Å². The first-order chi connectivity index (χ1) is 23.4. The molecule has 0 amide bonds. The number of pyridine rings is 2. The third-order valence-corrected chi connectivity index (χ3v) is 7.67. The molecule has 0 aliphatic rings. The lowest BCUT2D eigenvalue weighted by molar-refractivity contribution is -0.122. The number of nitrogens with one attached hydrogen (secondary N) is 2. The molecule has 0 unspecified atom stereocenters. The number of aromatic nitrogens is 6. The fourth-order valence-electron chi connectivity index (χ4n) is 5.36. The zero-order valence-corrected chi connectivity index (χ0v) is 27.5. The second kappa shape index (κ2) is 16.2. The number of H-pyrrole nitrogens is 2. The van der Waals surface area contributed by atoms with Gasteiger partial charge in [0.25, 0.3) is 17.6 Å². The third kappa shape index (κ3) is 8.61. The summed E-state index contributed by atoms with van der Waals surface area (Å²) in [6.45, 7) is 8.97. The molecular weight excluding hydrogens is 630 g/mol. The van der Waals surface area contributed by atoms with Crippen molar-refractivity contribution in [3.8, 4) is 0 Å². The lowest BCUT2D eigenvalue weighted by Gasteiger charge is -2.12. The van der Waals surface area contributed by atoms with Crippen LogP contribution < -0.4 is 22.0 Å². The van der Waals surface area contributed by atoms with Crippen molar-refractivity contribution in [2.45, 2.75) is 52.6 Å². The van der Waals surface area contributed by atoms with Crippen molar-refractivity contribution in [1.82, 2.24) is 29.1 Å². The van der Waals surface area contributed by atoms with Crippen molar-refractivity contribution in [2.24, 2.45) is 0 Å². The van der Waals surface area contributed by atoms with Gasteiger partial charge in [0.1, 0.15) is 17.2 Å². The molecule has 0 saturated carbocycles. The molecule has 0 aliphatic carbocycles. The number of rotatable bonds is 8. The van der Waals surface area contributed by atoms with Crippen molar-refractivity contribution >= 4 is 53.7 Å². The van der Waals surface area contributed by atoms with Crippen LogP contribution in [0.5, 0.6) is 0 Å². The topological polar surface area (TPSA) is 220 Å². The highest BCUT2D eigenvalue weighted by Gasteiger charge is 2.18. The lowest BCUT2D eigenvalue weighted by Crippen LogP contribution is -2.29. The molecule has 49 heavy (non-hydrogen) atoms. The van der Waals surface area contributed by atoms with Crippen molar-refractivity contribution < 1.29 is 30.0 Å². The Morgan fingerprint density at radius 3 is 1.63 bits per heavy atom. The smallest absolute Gasteiger partial charge is 0.483 e. The van der Waals surface area contributed by atoms with E-state index in [1.54, 1.807) is 42.7 Å². The van der Waals surface area contributed by atoms with E-state index in [0.717, 1.165) is 28.3 Å². The van der Waals surface area contributed by atoms with Crippen LogP contribution >= 0.6 is 0 Å². The van der Waals surface area contributed by atoms with Crippen LogP contribution in [-0.2, 0) is 17.9 Å². The molecule has 2 aromatic carbocycles. The van der Waals surface area contributed by atoms with E-state index < -0.39 is 14.2 Å². The quantitative estimate of drug-likeness (QED) is 0.0896. The first kappa shape index (κ1) is 36.6. The highest BCUT2D eigenvalue weighted by Crippen LogP contribution is 2.22.